The van der Waals surface area contributed by atoms with Crippen molar-refractivity contribution in [2.45, 2.75) is 23.8 Å². The molecule has 0 saturated carbocycles. The SMILES string of the molecule is O=C([C@@H]1COc2cc(S(=O)(=O)NCCCc3ccccc3)ccc2O1)N1CCOCC1. The molecule has 9 heteroatoms. The van der Waals surface area contributed by atoms with Gasteiger partial charge in [0.25, 0.3) is 5.91 Å². The Kier molecular flexibility index (Phi) is 6.74. The van der Waals surface area contributed by atoms with Gasteiger partial charge in [0.05, 0.1) is 18.1 Å². The number of ether oxygens (including phenoxy) is 3. The molecule has 1 amide bonds. The van der Waals surface area contributed by atoms with Crippen molar-refractivity contribution in [2.75, 3.05) is 39.5 Å². The molecule has 2 aromatic rings. The molecular formula is C22H26N2O6S. The third-order valence-corrected chi connectivity index (χ3v) is 6.72. The maximum atomic E-state index is 12.6. The van der Waals surface area contributed by atoms with Gasteiger partial charge < -0.3 is 19.1 Å². The number of amides is 1. The van der Waals surface area contributed by atoms with E-state index in [4.69, 9.17) is 14.2 Å². The van der Waals surface area contributed by atoms with Crippen molar-refractivity contribution in [2.24, 2.45) is 0 Å². The average Bonchev–Trinajstić information content (AvgIpc) is 2.82. The Hall–Kier alpha value is -2.62. The molecule has 2 heterocycles. The Bertz CT molecular complexity index is 1010. The number of fused-ring (bicyclic) bond motifs is 1. The number of benzene rings is 2. The van der Waals surface area contributed by atoms with Crippen LogP contribution in [0.5, 0.6) is 11.5 Å². The molecule has 31 heavy (non-hydrogen) atoms. The molecule has 4 rings (SSSR count). The van der Waals surface area contributed by atoms with E-state index >= 15 is 0 Å². The van der Waals surface area contributed by atoms with E-state index in [1.54, 1.807) is 4.90 Å². The van der Waals surface area contributed by atoms with E-state index in [2.05, 4.69) is 4.72 Å². The highest BCUT2D eigenvalue weighted by Gasteiger charge is 2.32. The lowest BCUT2D eigenvalue weighted by molar-refractivity contribution is -0.145. The zero-order chi connectivity index (χ0) is 21.7. The molecule has 166 valence electrons. The van der Waals surface area contributed by atoms with Crippen LogP contribution in [0.25, 0.3) is 0 Å². The highest BCUT2D eigenvalue weighted by molar-refractivity contribution is 7.89. The van der Waals surface area contributed by atoms with E-state index in [0.29, 0.717) is 50.8 Å². The number of hydrogen-bond acceptors (Lipinski definition) is 6. The summed E-state index contributed by atoms with van der Waals surface area (Å²) in [6.45, 7) is 2.45. The molecule has 2 aliphatic heterocycles. The third-order valence-electron chi connectivity index (χ3n) is 5.26. The van der Waals surface area contributed by atoms with E-state index in [1.165, 1.54) is 23.8 Å². The van der Waals surface area contributed by atoms with E-state index in [0.717, 1.165) is 6.42 Å². The fraction of sp³-hybridized carbons (Fsp3) is 0.409. The number of nitrogens with one attached hydrogen (secondary N) is 1. The van der Waals surface area contributed by atoms with Gasteiger partial charge in [0.1, 0.15) is 6.61 Å². The van der Waals surface area contributed by atoms with Crippen molar-refractivity contribution in [1.82, 2.24) is 9.62 Å². The number of nitrogens with zero attached hydrogens (tertiary/aromatic N) is 1. The number of sulfonamides is 1. The van der Waals surface area contributed by atoms with Gasteiger partial charge in [-0.15, -0.1) is 0 Å². The van der Waals surface area contributed by atoms with E-state index < -0.39 is 16.1 Å². The largest absolute Gasteiger partial charge is 0.485 e. The summed E-state index contributed by atoms with van der Waals surface area (Å²) in [5.74, 6) is 0.532. The number of morpholine rings is 1. The van der Waals surface area contributed by atoms with Crippen molar-refractivity contribution < 1.29 is 27.4 Å². The number of aryl methyl sites for hydroxylation is 1. The van der Waals surface area contributed by atoms with E-state index in [-0.39, 0.29) is 17.4 Å². The van der Waals surface area contributed by atoms with Crippen molar-refractivity contribution in [1.29, 1.82) is 0 Å². The average molecular weight is 447 g/mol. The maximum absolute atomic E-state index is 12.6. The molecule has 0 unspecified atom stereocenters. The molecule has 1 N–H and O–H groups in total. The molecular weight excluding hydrogens is 420 g/mol. The van der Waals surface area contributed by atoms with Crippen LogP contribution in [0.4, 0.5) is 0 Å². The normalized spacial score (nSPS) is 18.6. The molecule has 1 fully saturated rings. The van der Waals surface area contributed by atoms with Gasteiger partial charge in [-0.1, -0.05) is 30.3 Å². The van der Waals surface area contributed by atoms with Gasteiger partial charge in [0.2, 0.25) is 16.1 Å². The minimum Gasteiger partial charge on any atom is -0.485 e. The Morgan fingerprint density at radius 3 is 2.61 bits per heavy atom. The van der Waals surface area contributed by atoms with Crippen LogP contribution in [0.1, 0.15) is 12.0 Å². The molecule has 0 aliphatic carbocycles. The number of hydrogen-bond donors (Lipinski definition) is 1. The van der Waals surface area contributed by atoms with Crippen LogP contribution in [-0.2, 0) is 26.0 Å². The quantitative estimate of drug-likeness (QED) is 0.650. The first kappa shape index (κ1) is 21.6. The van der Waals surface area contributed by atoms with Crippen LogP contribution in [0, 0.1) is 0 Å². The predicted octanol–water partition coefficient (Wildman–Crippen LogP) is 1.60. The molecule has 2 aliphatic rings. The van der Waals surface area contributed by atoms with Gasteiger partial charge >= 0.3 is 0 Å². The van der Waals surface area contributed by atoms with Gasteiger partial charge in [-0.05, 0) is 30.5 Å². The lowest BCUT2D eigenvalue weighted by atomic mass is 10.1. The van der Waals surface area contributed by atoms with Crippen LogP contribution in [0.3, 0.4) is 0 Å². The topological polar surface area (TPSA) is 94.2 Å². The summed E-state index contributed by atoms with van der Waals surface area (Å²) in [5.41, 5.74) is 1.17. The molecule has 0 bridgehead atoms. The van der Waals surface area contributed by atoms with Crippen LogP contribution in [0.2, 0.25) is 0 Å². The maximum Gasteiger partial charge on any atom is 0.267 e. The molecule has 8 nitrogen and oxygen atoms in total. The Balaban J connectivity index is 1.34. The fourth-order valence-electron chi connectivity index (χ4n) is 3.55. The van der Waals surface area contributed by atoms with Crippen LogP contribution >= 0.6 is 0 Å². The monoisotopic (exact) mass is 446 g/mol. The summed E-state index contributed by atoms with van der Waals surface area (Å²) in [4.78, 5) is 14.4. The first-order valence-corrected chi connectivity index (χ1v) is 11.8. The molecule has 0 spiro atoms. The number of carbonyl (C=O) groups excluding carboxylic acids is 1. The second-order valence-corrected chi connectivity index (χ2v) is 9.22. The Morgan fingerprint density at radius 1 is 1.06 bits per heavy atom. The first-order chi connectivity index (χ1) is 15.0. The summed E-state index contributed by atoms with van der Waals surface area (Å²) in [6.07, 6.45) is 0.742. The number of carbonyl (C=O) groups is 1. The van der Waals surface area contributed by atoms with Crippen LogP contribution in [-0.4, -0.2) is 64.8 Å². The molecule has 0 aromatic heterocycles. The summed E-state index contributed by atoms with van der Waals surface area (Å²) < 4.78 is 44.6. The summed E-state index contributed by atoms with van der Waals surface area (Å²) in [7, 11) is -3.67. The smallest absolute Gasteiger partial charge is 0.267 e. The zero-order valence-electron chi connectivity index (χ0n) is 17.2. The third kappa shape index (κ3) is 5.36. The summed E-state index contributed by atoms with van der Waals surface area (Å²) in [5, 5.41) is 0. The van der Waals surface area contributed by atoms with Crippen molar-refractivity contribution in [3.63, 3.8) is 0 Å². The number of rotatable bonds is 7. The standard InChI is InChI=1S/C22H26N2O6S/c25-22(24-11-13-28-14-12-24)21-16-29-20-15-18(8-9-19(20)30-21)31(26,27)23-10-4-7-17-5-2-1-3-6-17/h1-3,5-6,8-9,15,21,23H,4,7,10-14,16H2/t21-/m0/s1. The molecule has 1 atom stereocenters. The zero-order valence-corrected chi connectivity index (χ0v) is 18.0. The second kappa shape index (κ2) is 9.67. The fourth-order valence-corrected chi connectivity index (χ4v) is 4.64. The van der Waals surface area contributed by atoms with E-state index in [1.807, 2.05) is 30.3 Å². The molecule has 1 saturated heterocycles. The molecule has 0 radical (unpaired) electrons. The van der Waals surface area contributed by atoms with Crippen LogP contribution < -0.4 is 14.2 Å². The second-order valence-electron chi connectivity index (χ2n) is 7.45. The van der Waals surface area contributed by atoms with Gasteiger partial charge in [-0.2, -0.15) is 0 Å². The minimum absolute atomic E-state index is 0.0389. The van der Waals surface area contributed by atoms with Crippen molar-refractivity contribution >= 4 is 15.9 Å². The first-order valence-electron chi connectivity index (χ1n) is 10.4. The van der Waals surface area contributed by atoms with E-state index in [9.17, 15) is 13.2 Å². The lowest BCUT2D eigenvalue weighted by Gasteiger charge is -2.32. The minimum atomic E-state index is -3.67. The Morgan fingerprint density at radius 2 is 1.84 bits per heavy atom. The van der Waals surface area contributed by atoms with Gasteiger partial charge in [-0.3, -0.25) is 4.79 Å². The van der Waals surface area contributed by atoms with Crippen molar-refractivity contribution in [3.05, 3.63) is 54.1 Å². The lowest BCUT2D eigenvalue weighted by Crippen LogP contribution is -2.50. The predicted molar refractivity (Wildman–Crippen MR) is 114 cm³/mol. The molecule has 2 aromatic carbocycles. The van der Waals surface area contributed by atoms with Gasteiger partial charge in [-0.25, -0.2) is 13.1 Å². The highest BCUT2D eigenvalue weighted by Crippen LogP contribution is 2.34. The van der Waals surface area contributed by atoms with Crippen molar-refractivity contribution in [3.8, 4) is 11.5 Å². The highest BCUT2D eigenvalue weighted by atomic mass is 32.2. The summed E-state index contributed by atoms with van der Waals surface area (Å²) >= 11 is 0. The van der Waals surface area contributed by atoms with Gasteiger partial charge in [0, 0.05) is 25.7 Å². The van der Waals surface area contributed by atoms with Gasteiger partial charge in [0.15, 0.2) is 11.5 Å². The Labute approximate surface area is 182 Å². The summed E-state index contributed by atoms with van der Waals surface area (Å²) in [6, 6.07) is 14.4. The van der Waals surface area contributed by atoms with Crippen LogP contribution in [0.15, 0.2) is 53.4 Å².